The maximum absolute atomic E-state index is 13.5. The lowest BCUT2D eigenvalue weighted by molar-refractivity contribution is 0.384. The van der Waals surface area contributed by atoms with Gasteiger partial charge in [0.2, 0.25) is 0 Å². The maximum atomic E-state index is 13.5. The highest BCUT2D eigenvalue weighted by Gasteiger charge is 2.16. The zero-order chi connectivity index (χ0) is 10.7. The van der Waals surface area contributed by atoms with Crippen LogP contribution in [0.15, 0.2) is 18.2 Å². The van der Waals surface area contributed by atoms with Crippen molar-refractivity contribution in [1.82, 2.24) is 5.32 Å². The predicted molar refractivity (Wildman–Crippen MR) is 57.8 cm³/mol. The normalized spacial score (nSPS) is 17.7. The van der Waals surface area contributed by atoms with Crippen LogP contribution in [-0.2, 0) is 0 Å². The minimum atomic E-state index is -0.256. The number of ether oxygens (including phenoxy) is 1. The topological polar surface area (TPSA) is 21.3 Å². The molecular weight excluding hydrogens is 193 g/mol. The molecule has 0 spiro atoms. The lowest BCUT2D eigenvalue weighted by atomic mass is 9.90. The van der Waals surface area contributed by atoms with Crippen LogP contribution >= 0.6 is 0 Å². The van der Waals surface area contributed by atoms with Gasteiger partial charge in [0.1, 0.15) is 0 Å². The fourth-order valence-electron chi connectivity index (χ4n) is 2.09. The molecule has 2 rings (SSSR count). The van der Waals surface area contributed by atoms with Gasteiger partial charge in [-0.3, -0.25) is 0 Å². The highest BCUT2D eigenvalue weighted by atomic mass is 19.1. The fourth-order valence-corrected chi connectivity index (χ4v) is 2.09. The van der Waals surface area contributed by atoms with Crippen LogP contribution in [0.3, 0.4) is 0 Å². The number of benzene rings is 1. The van der Waals surface area contributed by atoms with Gasteiger partial charge in [-0.1, -0.05) is 6.07 Å². The van der Waals surface area contributed by atoms with E-state index in [1.807, 2.05) is 6.07 Å². The predicted octanol–water partition coefficient (Wildman–Crippen LogP) is 2.30. The average Bonchev–Trinajstić information content (AvgIpc) is 2.30. The highest BCUT2D eigenvalue weighted by Crippen LogP contribution is 2.28. The van der Waals surface area contributed by atoms with Gasteiger partial charge < -0.3 is 10.1 Å². The Kier molecular flexibility index (Phi) is 3.21. The van der Waals surface area contributed by atoms with Gasteiger partial charge >= 0.3 is 0 Å². The van der Waals surface area contributed by atoms with Gasteiger partial charge in [0.05, 0.1) is 7.11 Å². The quantitative estimate of drug-likeness (QED) is 0.807. The zero-order valence-corrected chi connectivity index (χ0v) is 8.92. The second-order valence-electron chi connectivity index (χ2n) is 3.92. The summed E-state index contributed by atoms with van der Waals surface area (Å²) in [4.78, 5) is 0. The van der Waals surface area contributed by atoms with Gasteiger partial charge in [-0.05, 0) is 49.5 Å². The van der Waals surface area contributed by atoms with E-state index in [0.29, 0.717) is 11.7 Å². The van der Waals surface area contributed by atoms with Gasteiger partial charge in [-0.25, -0.2) is 4.39 Å². The third-order valence-corrected chi connectivity index (χ3v) is 2.99. The number of hydrogen-bond donors (Lipinski definition) is 1. The first-order chi connectivity index (χ1) is 7.31. The van der Waals surface area contributed by atoms with E-state index >= 15 is 0 Å². The SMILES string of the molecule is COc1ccc(C2CCNCC2)cc1F. The highest BCUT2D eigenvalue weighted by molar-refractivity contribution is 5.31. The lowest BCUT2D eigenvalue weighted by Crippen LogP contribution is -2.26. The third kappa shape index (κ3) is 2.29. The molecular formula is C12H16FNO. The van der Waals surface area contributed by atoms with Crippen LogP contribution in [0.1, 0.15) is 24.3 Å². The summed E-state index contributed by atoms with van der Waals surface area (Å²) in [6.07, 6.45) is 2.18. The van der Waals surface area contributed by atoms with E-state index < -0.39 is 0 Å². The molecule has 1 aromatic rings. The molecule has 1 aromatic carbocycles. The molecule has 0 radical (unpaired) electrons. The Morgan fingerprint density at radius 1 is 1.33 bits per heavy atom. The Hall–Kier alpha value is -1.09. The summed E-state index contributed by atoms with van der Waals surface area (Å²) in [6.45, 7) is 2.05. The minimum absolute atomic E-state index is 0.256. The molecule has 0 atom stereocenters. The Labute approximate surface area is 89.4 Å². The molecule has 1 saturated heterocycles. The third-order valence-electron chi connectivity index (χ3n) is 2.99. The number of methoxy groups -OCH3 is 1. The zero-order valence-electron chi connectivity index (χ0n) is 8.92. The number of rotatable bonds is 2. The summed E-state index contributed by atoms with van der Waals surface area (Å²) in [7, 11) is 1.49. The van der Waals surface area contributed by atoms with Crippen LogP contribution in [0.5, 0.6) is 5.75 Å². The van der Waals surface area contributed by atoms with Crippen molar-refractivity contribution < 1.29 is 9.13 Å². The molecule has 3 heteroatoms. The van der Waals surface area contributed by atoms with Crippen molar-refractivity contribution in [1.29, 1.82) is 0 Å². The van der Waals surface area contributed by atoms with Crippen molar-refractivity contribution >= 4 is 0 Å². The molecule has 15 heavy (non-hydrogen) atoms. The van der Waals surface area contributed by atoms with Crippen molar-refractivity contribution in [2.75, 3.05) is 20.2 Å². The second-order valence-corrected chi connectivity index (χ2v) is 3.92. The molecule has 1 aliphatic heterocycles. The van der Waals surface area contributed by atoms with E-state index in [1.165, 1.54) is 7.11 Å². The summed E-state index contributed by atoms with van der Waals surface area (Å²) < 4.78 is 18.4. The van der Waals surface area contributed by atoms with E-state index in [4.69, 9.17) is 4.74 Å². The van der Waals surface area contributed by atoms with E-state index in [-0.39, 0.29) is 5.82 Å². The van der Waals surface area contributed by atoms with Crippen molar-refractivity contribution in [2.24, 2.45) is 0 Å². The lowest BCUT2D eigenvalue weighted by Gasteiger charge is -2.23. The largest absolute Gasteiger partial charge is 0.494 e. The molecule has 1 N–H and O–H groups in total. The first-order valence-electron chi connectivity index (χ1n) is 5.35. The summed E-state index contributed by atoms with van der Waals surface area (Å²) in [6, 6.07) is 5.29. The van der Waals surface area contributed by atoms with Crippen LogP contribution in [0, 0.1) is 5.82 Å². The van der Waals surface area contributed by atoms with E-state index in [0.717, 1.165) is 31.5 Å². The molecule has 0 unspecified atom stereocenters. The molecule has 1 heterocycles. The maximum Gasteiger partial charge on any atom is 0.165 e. The molecule has 0 amide bonds. The summed E-state index contributed by atoms with van der Waals surface area (Å²) in [5.74, 6) is 0.563. The fraction of sp³-hybridized carbons (Fsp3) is 0.500. The number of halogens is 1. The number of nitrogens with one attached hydrogen (secondary N) is 1. The Morgan fingerprint density at radius 2 is 2.07 bits per heavy atom. The summed E-state index contributed by atoms with van der Waals surface area (Å²) in [5.41, 5.74) is 1.09. The van der Waals surface area contributed by atoms with Gasteiger partial charge in [0.15, 0.2) is 11.6 Å². The molecule has 0 aliphatic carbocycles. The van der Waals surface area contributed by atoms with Gasteiger partial charge in [0.25, 0.3) is 0 Å². The van der Waals surface area contributed by atoms with Crippen LogP contribution in [0.4, 0.5) is 4.39 Å². The van der Waals surface area contributed by atoms with Crippen LogP contribution < -0.4 is 10.1 Å². The van der Waals surface area contributed by atoms with Gasteiger partial charge in [0, 0.05) is 0 Å². The molecule has 0 bridgehead atoms. The van der Waals surface area contributed by atoms with E-state index in [2.05, 4.69) is 5.32 Å². The van der Waals surface area contributed by atoms with Crippen LogP contribution in [-0.4, -0.2) is 20.2 Å². The van der Waals surface area contributed by atoms with E-state index in [1.54, 1.807) is 12.1 Å². The summed E-state index contributed by atoms with van der Waals surface area (Å²) in [5, 5.41) is 3.30. The number of piperidine rings is 1. The smallest absolute Gasteiger partial charge is 0.165 e. The Morgan fingerprint density at radius 3 is 2.67 bits per heavy atom. The molecule has 0 saturated carbocycles. The monoisotopic (exact) mass is 209 g/mol. The van der Waals surface area contributed by atoms with Crippen LogP contribution in [0.25, 0.3) is 0 Å². The first kappa shape index (κ1) is 10.4. The standard InChI is InChI=1S/C12H16FNO/c1-15-12-3-2-10(8-11(12)13)9-4-6-14-7-5-9/h2-3,8-9,14H,4-7H2,1H3. The Balaban J connectivity index is 2.17. The molecule has 1 fully saturated rings. The van der Waals surface area contributed by atoms with Gasteiger partial charge in [-0.2, -0.15) is 0 Å². The number of hydrogen-bond acceptors (Lipinski definition) is 2. The molecule has 2 nitrogen and oxygen atoms in total. The van der Waals surface area contributed by atoms with E-state index in [9.17, 15) is 4.39 Å². The second kappa shape index (κ2) is 4.62. The summed E-state index contributed by atoms with van der Waals surface area (Å²) >= 11 is 0. The molecule has 1 aliphatic rings. The van der Waals surface area contributed by atoms with Crippen molar-refractivity contribution in [3.05, 3.63) is 29.6 Å². The first-order valence-corrected chi connectivity index (χ1v) is 5.35. The minimum Gasteiger partial charge on any atom is -0.494 e. The van der Waals surface area contributed by atoms with Crippen molar-refractivity contribution in [2.45, 2.75) is 18.8 Å². The molecule has 82 valence electrons. The van der Waals surface area contributed by atoms with Crippen molar-refractivity contribution in [3.8, 4) is 5.75 Å². The average molecular weight is 209 g/mol. The van der Waals surface area contributed by atoms with Crippen molar-refractivity contribution in [3.63, 3.8) is 0 Å². The Bertz CT molecular complexity index is 334. The van der Waals surface area contributed by atoms with Crippen LogP contribution in [0.2, 0.25) is 0 Å². The molecule has 0 aromatic heterocycles. The van der Waals surface area contributed by atoms with Gasteiger partial charge in [-0.15, -0.1) is 0 Å².